The summed E-state index contributed by atoms with van der Waals surface area (Å²) in [5.41, 5.74) is 4.65. The van der Waals surface area contributed by atoms with Crippen LogP contribution in [-0.4, -0.2) is 20.4 Å². The van der Waals surface area contributed by atoms with E-state index in [0.717, 1.165) is 33.8 Å². The summed E-state index contributed by atoms with van der Waals surface area (Å²) in [4.78, 5) is 20.4. The van der Waals surface area contributed by atoms with Crippen LogP contribution in [0.25, 0.3) is 22.6 Å². The molecule has 0 aliphatic carbocycles. The number of hydrogen-bond donors (Lipinski definition) is 2. The van der Waals surface area contributed by atoms with Gasteiger partial charge in [-0.05, 0) is 43.3 Å². The molecular formula is C20H18N4O. The van der Waals surface area contributed by atoms with E-state index in [1.807, 2.05) is 78.4 Å². The predicted octanol–water partition coefficient (Wildman–Crippen LogP) is 3.98. The molecule has 0 aliphatic heterocycles. The molecular weight excluding hydrogens is 312 g/mol. The van der Waals surface area contributed by atoms with Crippen molar-refractivity contribution >= 4 is 22.6 Å². The summed E-state index contributed by atoms with van der Waals surface area (Å²) in [5.74, 6) is 0.671. The first kappa shape index (κ1) is 15.2. The molecule has 0 bridgehead atoms. The molecule has 4 aromatic rings. The van der Waals surface area contributed by atoms with Crippen LogP contribution < -0.4 is 5.32 Å². The zero-order chi connectivity index (χ0) is 17.2. The predicted molar refractivity (Wildman–Crippen MR) is 99.3 cm³/mol. The number of nitrogens with zero attached hydrogens (tertiary/aromatic N) is 2. The average molecular weight is 330 g/mol. The molecule has 5 heteroatoms. The quantitative estimate of drug-likeness (QED) is 0.594. The van der Waals surface area contributed by atoms with Gasteiger partial charge in [0.25, 0.3) is 0 Å². The lowest BCUT2D eigenvalue weighted by Gasteiger charge is -2.10. The number of hydrogen-bond acceptors (Lipinski definition) is 2. The Hall–Kier alpha value is -3.34. The first-order valence-electron chi connectivity index (χ1n) is 8.16. The molecule has 0 spiro atoms. The van der Waals surface area contributed by atoms with E-state index in [1.165, 1.54) is 0 Å². The van der Waals surface area contributed by atoms with Crippen molar-refractivity contribution in [3.8, 4) is 11.5 Å². The van der Waals surface area contributed by atoms with E-state index in [1.54, 1.807) is 0 Å². The van der Waals surface area contributed by atoms with Gasteiger partial charge in [-0.25, -0.2) is 4.98 Å². The van der Waals surface area contributed by atoms with E-state index in [4.69, 9.17) is 0 Å². The molecule has 5 nitrogen and oxygen atoms in total. The van der Waals surface area contributed by atoms with E-state index in [-0.39, 0.29) is 12.5 Å². The number of para-hydroxylation sites is 2. The summed E-state index contributed by atoms with van der Waals surface area (Å²) in [5, 5.41) is 2.95. The highest BCUT2D eigenvalue weighted by Crippen LogP contribution is 2.23. The van der Waals surface area contributed by atoms with Gasteiger partial charge in [0.1, 0.15) is 6.54 Å². The number of fused-ring (bicyclic) bond motifs is 1. The highest BCUT2D eigenvalue weighted by molar-refractivity contribution is 5.92. The van der Waals surface area contributed by atoms with Gasteiger partial charge in [-0.3, -0.25) is 4.79 Å². The minimum absolute atomic E-state index is 0.0835. The smallest absolute Gasteiger partial charge is 0.244 e. The van der Waals surface area contributed by atoms with Crippen molar-refractivity contribution in [3.05, 3.63) is 72.4 Å². The SMILES string of the molecule is Cc1ccc(NC(=O)Cn2c(-c3ccc[nH]3)nc3ccccc32)cc1. The van der Waals surface area contributed by atoms with E-state index in [9.17, 15) is 4.79 Å². The molecule has 0 fully saturated rings. The third-order valence-corrected chi connectivity index (χ3v) is 4.13. The molecule has 2 N–H and O–H groups in total. The number of imidazole rings is 1. The van der Waals surface area contributed by atoms with Crippen molar-refractivity contribution in [1.82, 2.24) is 14.5 Å². The van der Waals surface area contributed by atoms with Crippen LogP contribution >= 0.6 is 0 Å². The zero-order valence-corrected chi connectivity index (χ0v) is 13.9. The number of benzene rings is 2. The van der Waals surface area contributed by atoms with Gasteiger partial charge in [0.15, 0.2) is 5.82 Å². The summed E-state index contributed by atoms with van der Waals surface area (Å²) in [7, 11) is 0. The molecule has 2 heterocycles. The number of anilines is 1. The van der Waals surface area contributed by atoms with Crippen molar-refractivity contribution in [2.24, 2.45) is 0 Å². The average Bonchev–Trinajstić information content (AvgIpc) is 3.25. The lowest BCUT2D eigenvalue weighted by molar-refractivity contribution is -0.116. The third kappa shape index (κ3) is 3.04. The van der Waals surface area contributed by atoms with Crippen LogP contribution in [0.2, 0.25) is 0 Å². The Balaban J connectivity index is 1.67. The minimum atomic E-state index is -0.0835. The number of aryl methyl sites for hydroxylation is 1. The van der Waals surface area contributed by atoms with E-state index < -0.39 is 0 Å². The Morgan fingerprint density at radius 1 is 1.08 bits per heavy atom. The number of aromatic amines is 1. The molecule has 2 aromatic heterocycles. The summed E-state index contributed by atoms with van der Waals surface area (Å²) in [6.07, 6.45) is 1.85. The highest BCUT2D eigenvalue weighted by atomic mass is 16.1. The van der Waals surface area contributed by atoms with Crippen molar-refractivity contribution in [1.29, 1.82) is 0 Å². The fourth-order valence-corrected chi connectivity index (χ4v) is 2.89. The van der Waals surface area contributed by atoms with Crippen molar-refractivity contribution < 1.29 is 4.79 Å². The Morgan fingerprint density at radius 2 is 1.88 bits per heavy atom. The van der Waals surface area contributed by atoms with Crippen LogP contribution in [0.4, 0.5) is 5.69 Å². The van der Waals surface area contributed by atoms with Gasteiger partial charge < -0.3 is 14.9 Å². The lowest BCUT2D eigenvalue weighted by Crippen LogP contribution is -2.19. The van der Waals surface area contributed by atoms with Crippen LogP contribution in [0.5, 0.6) is 0 Å². The molecule has 1 amide bonds. The topological polar surface area (TPSA) is 62.7 Å². The number of amides is 1. The van der Waals surface area contributed by atoms with Gasteiger partial charge >= 0.3 is 0 Å². The third-order valence-electron chi connectivity index (χ3n) is 4.13. The number of rotatable bonds is 4. The van der Waals surface area contributed by atoms with Crippen molar-refractivity contribution in [3.63, 3.8) is 0 Å². The van der Waals surface area contributed by atoms with Crippen molar-refractivity contribution in [2.75, 3.05) is 5.32 Å². The Morgan fingerprint density at radius 3 is 2.64 bits per heavy atom. The lowest BCUT2D eigenvalue weighted by atomic mass is 10.2. The number of carbonyl (C=O) groups is 1. The largest absolute Gasteiger partial charge is 0.359 e. The summed E-state index contributed by atoms with van der Waals surface area (Å²) in [6, 6.07) is 19.5. The second-order valence-corrected chi connectivity index (χ2v) is 6.01. The Labute approximate surface area is 145 Å². The maximum absolute atomic E-state index is 12.6. The van der Waals surface area contributed by atoms with Gasteiger partial charge in [-0.1, -0.05) is 29.8 Å². The Kier molecular flexibility index (Phi) is 3.82. The maximum atomic E-state index is 12.6. The molecule has 25 heavy (non-hydrogen) atoms. The van der Waals surface area contributed by atoms with Gasteiger partial charge in [-0.15, -0.1) is 0 Å². The molecule has 0 saturated carbocycles. The molecule has 0 atom stereocenters. The minimum Gasteiger partial charge on any atom is -0.359 e. The second kappa shape index (κ2) is 6.28. The summed E-state index contributed by atoms with van der Waals surface area (Å²) < 4.78 is 1.94. The van der Waals surface area contributed by atoms with Crippen molar-refractivity contribution in [2.45, 2.75) is 13.5 Å². The number of nitrogens with one attached hydrogen (secondary N) is 2. The Bertz CT molecular complexity index is 1010. The van der Waals surface area contributed by atoms with Crippen LogP contribution in [0.15, 0.2) is 66.9 Å². The number of H-pyrrole nitrogens is 1. The van der Waals surface area contributed by atoms with Gasteiger partial charge in [-0.2, -0.15) is 0 Å². The summed E-state index contributed by atoms with van der Waals surface area (Å²) in [6.45, 7) is 2.22. The zero-order valence-electron chi connectivity index (χ0n) is 13.9. The second-order valence-electron chi connectivity index (χ2n) is 6.01. The molecule has 124 valence electrons. The number of aromatic nitrogens is 3. The maximum Gasteiger partial charge on any atom is 0.244 e. The fraction of sp³-hybridized carbons (Fsp3) is 0.100. The van der Waals surface area contributed by atoms with Gasteiger partial charge in [0, 0.05) is 11.9 Å². The first-order chi connectivity index (χ1) is 12.2. The standard InChI is InChI=1S/C20H18N4O/c1-14-8-10-15(11-9-14)22-19(25)13-24-18-7-3-2-5-16(18)23-20(24)17-6-4-12-21-17/h2-12,21H,13H2,1H3,(H,22,25). The molecule has 0 unspecified atom stereocenters. The fourth-order valence-electron chi connectivity index (χ4n) is 2.89. The van der Waals surface area contributed by atoms with Gasteiger partial charge in [0.05, 0.1) is 16.7 Å². The van der Waals surface area contributed by atoms with Gasteiger partial charge in [0.2, 0.25) is 5.91 Å². The summed E-state index contributed by atoms with van der Waals surface area (Å²) >= 11 is 0. The van der Waals surface area contributed by atoms with E-state index >= 15 is 0 Å². The monoisotopic (exact) mass is 330 g/mol. The molecule has 0 saturated heterocycles. The molecule has 4 rings (SSSR count). The van der Waals surface area contributed by atoms with Crippen LogP contribution in [-0.2, 0) is 11.3 Å². The van der Waals surface area contributed by atoms with Crippen LogP contribution in [0.3, 0.4) is 0 Å². The molecule has 2 aromatic carbocycles. The first-order valence-corrected chi connectivity index (χ1v) is 8.16. The van der Waals surface area contributed by atoms with E-state index in [0.29, 0.717) is 0 Å². The van der Waals surface area contributed by atoms with E-state index in [2.05, 4.69) is 15.3 Å². The molecule has 0 radical (unpaired) electrons. The highest BCUT2D eigenvalue weighted by Gasteiger charge is 2.15. The normalized spacial score (nSPS) is 10.9. The van der Waals surface area contributed by atoms with Crippen LogP contribution in [0.1, 0.15) is 5.56 Å². The number of carbonyl (C=O) groups excluding carboxylic acids is 1. The molecule has 0 aliphatic rings. The van der Waals surface area contributed by atoms with Crippen LogP contribution in [0, 0.1) is 6.92 Å².